The Morgan fingerprint density at radius 3 is 3.08 bits per heavy atom. The molecule has 0 aliphatic carbocycles. The second kappa shape index (κ2) is 3.90. The molecule has 72 valence electrons. The van der Waals surface area contributed by atoms with Gasteiger partial charge >= 0.3 is 12.1 Å². The van der Waals surface area contributed by atoms with Crippen LogP contribution in [0, 0.1) is 0 Å². The van der Waals surface area contributed by atoms with Gasteiger partial charge in [0.2, 0.25) is 6.29 Å². The Bertz CT molecular complexity index is 260. The van der Waals surface area contributed by atoms with Crippen molar-refractivity contribution in [3.63, 3.8) is 0 Å². The molecule has 1 rings (SSSR count). The summed E-state index contributed by atoms with van der Waals surface area (Å²) in [7, 11) is 0. The molecule has 0 aromatic carbocycles. The van der Waals surface area contributed by atoms with Gasteiger partial charge in [-0.25, -0.2) is 9.59 Å². The van der Waals surface area contributed by atoms with Gasteiger partial charge in [0.05, 0.1) is 5.70 Å². The van der Waals surface area contributed by atoms with Gasteiger partial charge in [-0.2, -0.15) is 0 Å². The molecular weight excluding hydrogens is 178 g/mol. The SMILES string of the molecule is CCOC1OC(=O)C=C1NC(=O)O. The number of amides is 1. The maximum atomic E-state index is 10.7. The van der Waals surface area contributed by atoms with Crippen molar-refractivity contribution in [1.29, 1.82) is 0 Å². The Hall–Kier alpha value is -1.56. The van der Waals surface area contributed by atoms with Gasteiger partial charge < -0.3 is 14.6 Å². The molecule has 0 spiro atoms. The molecule has 1 unspecified atom stereocenters. The Morgan fingerprint density at radius 1 is 1.85 bits per heavy atom. The van der Waals surface area contributed by atoms with E-state index in [1.54, 1.807) is 6.92 Å². The van der Waals surface area contributed by atoms with Crippen molar-refractivity contribution in [2.45, 2.75) is 13.2 Å². The number of ether oxygens (including phenoxy) is 2. The van der Waals surface area contributed by atoms with E-state index in [1.165, 1.54) is 0 Å². The highest BCUT2D eigenvalue weighted by molar-refractivity contribution is 5.86. The molecule has 0 fully saturated rings. The van der Waals surface area contributed by atoms with Gasteiger partial charge in [-0.3, -0.25) is 5.32 Å². The molecule has 0 bridgehead atoms. The van der Waals surface area contributed by atoms with Crippen LogP contribution in [0.5, 0.6) is 0 Å². The highest BCUT2D eigenvalue weighted by Crippen LogP contribution is 2.13. The van der Waals surface area contributed by atoms with E-state index >= 15 is 0 Å². The van der Waals surface area contributed by atoms with Crippen LogP contribution in [0.15, 0.2) is 11.8 Å². The third-order valence-corrected chi connectivity index (χ3v) is 1.32. The van der Waals surface area contributed by atoms with E-state index in [0.29, 0.717) is 6.61 Å². The number of cyclic esters (lactones) is 1. The molecule has 0 aromatic rings. The average molecular weight is 187 g/mol. The van der Waals surface area contributed by atoms with E-state index in [1.807, 2.05) is 5.32 Å². The quantitative estimate of drug-likeness (QED) is 0.610. The molecule has 1 aliphatic rings. The zero-order valence-electron chi connectivity index (χ0n) is 6.94. The first-order chi connectivity index (χ1) is 6.13. The minimum absolute atomic E-state index is 0.111. The van der Waals surface area contributed by atoms with E-state index in [4.69, 9.17) is 9.84 Å². The number of hydrogen-bond donors (Lipinski definition) is 2. The number of carboxylic acid groups (broad SMARTS) is 1. The Kier molecular flexibility index (Phi) is 2.86. The van der Waals surface area contributed by atoms with E-state index < -0.39 is 18.4 Å². The minimum atomic E-state index is -1.26. The van der Waals surface area contributed by atoms with Crippen molar-refractivity contribution in [3.8, 4) is 0 Å². The van der Waals surface area contributed by atoms with Gasteiger partial charge in [-0.05, 0) is 6.92 Å². The molecular formula is C7H9NO5. The first-order valence-corrected chi connectivity index (χ1v) is 3.67. The Morgan fingerprint density at radius 2 is 2.54 bits per heavy atom. The van der Waals surface area contributed by atoms with Gasteiger partial charge in [-0.15, -0.1) is 0 Å². The summed E-state index contributed by atoms with van der Waals surface area (Å²) in [6.07, 6.45) is -1.13. The number of carbonyl (C=O) groups is 2. The number of rotatable bonds is 3. The smallest absolute Gasteiger partial charge is 0.409 e. The monoisotopic (exact) mass is 187 g/mol. The van der Waals surface area contributed by atoms with Crippen LogP contribution in [0.2, 0.25) is 0 Å². The molecule has 6 heteroatoms. The van der Waals surface area contributed by atoms with Crippen LogP contribution >= 0.6 is 0 Å². The zero-order chi connectivity index (χ0) is 9.84. The van der Waals surface area contributed by atoms with Crippen LogP contribution in [0.25, 0.3) is 0 Å². The van der Waals surface area contributed by atoms with E-state index in [9.17, 15) is 9.59 Å². The molecule has 0 aromatic heterocycles. The second-order valence-corrected chi connectivity index (χ2v) is 2.25. The molecule has 2 N–H and O–H groups in total. The van der Waals surface area contributed by atoms with Crippen molar-refractivity contribution in [3.05, 3.63) is 11.8 Å². The van der Waals surface area contributed by atoms with Crippen molar-refractivity contribution in [1.82, 2.24) is 5.32 Å². The Balaban J connectivity index is 2.61. The highest BCUT2D eigenvalue weighted by Gasteiger charge is 2.27. The molecule has 0 saturated carbocycles. The van der Waals surface area contributed by atoms with Gasteiger partial charge in [-0.1, -0.05) is 0 Å². The van der Waals surface area contributed by atoms with E-state index in [-0.39, 0.29) is 5.70 Å². The highest BCUT2D eigenvalue weighted by atomic mass is 16.7. The topological polar surface area (TPSA) is 84.9 Å². The van der Waals surface area contributed by atoms with Crippen molar-refractivity contribution >= 4 is 12.1 Å². The van der Waals surface area contributed by atoms with Gasteiger partial charge in [0.25, 0.3) is 0 Å². The second-order valence-electron chi connectivity index (χ2n) is 2.25. The van der Waals surface area contributed by atoms with Crippen LogP contribution in [-0.2, 0) is 14.3 Å². The third kappa shape index (κ3) is 2.45. The minimum Gasteiger partial charge on any atom is -0.465 e. The molecule has 1 heterocycles. The predicted octanol–water partition coefficient (Wildman–Crippen LogP) is 0.0573. The summed E-state index contributed by atoms with van der Waals surface area (Å²) in [5.74, 6) is -0.609. The molecule has 0 saturated heterocycles. The standard InChI is InChI=1S/C7H9NO5/c1-2-12-6-4(8-7(10)11)3-5(9)13-6/h3,6,8H,2H2,1H3,(H,10,11). The molecule has 1 atom stereocenters. The predicted molar refractivity (Wildman–Crippen MR) is 40.7 cm³/mol. The molecule has 0 radical (unpaired) electrons. The normalized spacial score (nSPS) is 20.8. The zero-order valence-corrected chi connectivity index (χ0v) is 6.94. The summed E-state index contributed by atoms with van der Waals surface area (Å²) in [6, 6.07) is 0. The Labute approximate surface area is 74.1 Å². The first-order valence-electron chi connectivity index (χ1n) is 3.67. The first kappa shape index (κ1) is 9.53. The fourth-order valence-corrected chi connectivity index (χ4v) is 0.892. The summed E-state index contributed by atoms with van der Waals surface area (Å²) in [5.41, 5.74) is 0.111. The molecule has 13 heavy (non-hydrogen) atoms. The summed E-state index contributed by atoms with van der Waals surface area (Å²) in [6.45, 7) is 2.04. The third-order valence-electron chi connectivity index (χ3n) is 1.32. The fourth-order valence-electron chi connectivity index (χ4n) is 0.892. The number of esters is 1. The van der Waals surface area contributed by atoms with Gasteiger partial charge in [0.1, 0.15) is 0 Å². The summed E-state index contributed by atoms with van der Waals surface area (Å²) < 4.78 is 9.59. The lowest BCUT2D eigenvalue weighted by molar-refractivity contribution is -0.159. The van der Waals surface area contributed by atoms with Crippen LogP contribution in [-0.4, -0.2) is 30.1 Å². The van der Waals surface area contributed by atoms with Gasteiger partial charge in [0.15, 0.2) is 0 Å². The molecule has 6 nitrogen and oxygen atoms in total. The molecule has 1 amide bonds. The summed E-state index contributed by atoms with van der Waals surface area (Å²) >= 11 is 0. The van der Waals surface area contributed by atoms with E-state index in [0.717, 1.165) is 6.08 Å². The largest absolute Gasteiger partial charge is 0.465 e. The number of hydrogen-bond acceptors (Lipinski definition) is 4. The maximum Gasteiger partial charge on any atom is 0.409 e. The summed E-state index contributed by atoms with van der Waals surface area (Å²) in [4.78, 5) is 20.9. The van der Waals surface area contributed by atoms with Crippen LogP contribution in [0.3, 0.4) is 0 Å². The van der Waals surface area contributed by atoms with E-state index in [2.05, 4.69) is 4.74 Å². The van der Waals surface area contributed by atoms with Crippen molar-refractivity contribution in [2.24, 2.45) is 0 Å². The number of nitrogens with one attached hydrogen (secondary N) is 1. The lowest BCUT2D eigenvalue weighted by atomic mass is 10.4. The van der Waals surface area contributed by atoms with Crippen molar-refractivity contribution in [2.75, 3.05) is 6.61 Å². The maximum absolute atomic E-state index is 10.7. The fraction of sp³-hybridized carbons (Fsp3) is 0.429. The number of carbonyl (C=O) groups excluding carboxylic acids is 1. The van der Waals surface area contributed by atoms with Crippen LogP contribution < -0.4 is 5.32 Å². The van der Waals surface area contributed by atoms with Gasteiger partial charge in [0, 0.05) is 12.7 Å². The lowest BCUT2D eigenvalue weighted by Gasteiger charge is -2.12. The van der Waals surface area contributed by atoms with Crippen LogP contribution in [0.4, 0.5) is 4.79 Å². The average Bonchev–Trinajstić information content (AvgIpc) is 2.31. The lowest BCUT2D eigenvalue weighted by Crippen LogP contribution is -2.29. The molecule has 1 aliphatic heterocycles. The van der Waals surface area contributed by atoms with Crippen LogP contribution in [0.1, 0.15) is 6.92 Å². The van der Waals surface area contributed by atoms with Crippen molar-refractivity contribution < 1.29 is 24.2 Å². The summed E-state index contributed by atoms with van der Waals surface area (Å²) in [5, 5.41) is 10.4.